The molecule has 33 heavy (non-hydrogen) atoms. The number of ether oxygens (including phenoxy) is 1. The summed E-state index contributed by atoms with van der Waals surface area (Å²) in [5, 5.41) is 14.0. The first kappa shape index (κ1) is 25.4. The van der Waals surface area contributed by atoms with Crippen LogP contribution in [0.3, 0.4) is 0 Å². The van der Waals surface area contributed by atoms with Crippen LogP contribution >= 0.6 is 11.3 Å². The highest BCUT2D eigenvalue weighted by Gasteiger charge is 2.30. The summed E-state index contributed by atoms with van der Waals surface area (Å²) in [6, 6.07) is 4.01. The molecule has 1 aliphatic rings. The number of sulfonamides is 1. The van der Waals surface area contributed by atoms with E-state index in [4.69, 9.17) is 9.84 Å². The van der Waals surface area contributed by atoms with E-state index in [2.05, 4.69) is 34.9 Å². The number of hydrogen-bond donors (Lipinski definition) is 2. The van der Waals surface area contributed by atoms with Crippen LogP contribution in [-0.2, 0) is 14.8 Å². The molecular weight excluding hydrogens is 482 g/mol. The minimum Gasteiger partial charge on any atom is -0.465 e. The van der Waals surface area contributed by atoms with E-state index in [1.165, 1.54) is 22.3 Å². The van der Waals surface area contributed by atoms with Gasteiger partial charge in [-0.05, 0) is 31.5 Å². The summed E-state index contributed by atoms with van der Waals surface area (Å²) in [4.78, 5) is 21.0. The number of carboxylic acid groups (broad SMARTS) is 1. The molecule has 1 fully saturated rings. The average molecular weight is 514 g/mol. The molecule has 1 saturated heterocycles. The molecule has 3 rings (SSSR count). The van der Waals surface area contributed by atoms with Crippen LogP contribution in [0.5, 0.6) is 0 Å². The molecule has 2 aromatic rings. The molecule has 3 heterocycles. The summed E-state index contributed by atoms with van der Waals surface area (Å²) >= 11 is 1.31. The highest BCUT2D eigenvalue weighted by molar-refractivity contribution is 7.92. The van der Waals surface area contributed by atoms with Gasteiger partial charge < -0.3 is 20.1 Å². The third kappa shape index (κ3) is 6.65. The van der Waals surface area contributed by atoms with Crippen molar-refractivity contribution in [2.45, 2.75) is 50.1 Å². The van der Waals surface area contributed by atoms with Crippen molar-refractivity contribution in [3.63, 3.8) is 0 Å². The van der Waals surface area contributed by atoms with Crippen LogP contribution in [0.1, 0.15) is 12.1 Å². The van der Waals surface area contributed by atoms with Gasteiger partial charge in [-0.15, -0.1) is 11.3 Å². The van der Waals surface area contributed by atoms with Gasteiger partial charge in [0.05, 0.1) is 16.9 Å². The lowest BCUT2D eigenvalue weighted by Gasteiger charge is -2.23. The van der Waals surface area contributed by atoms with E-state index in [1.54, 1.807) is 23.9 Å². The molecule has 2 N–H and O–H groups in total. The maximum atomic E-state index is 13.4. The van der Waals surface area contributed by atoms with E-state index in [0.29, 0.717) is 43.3 Å². The second-order valence-electron chi connectivity index (χ2n) is 9.19. The fraction of sp³-hybridized carbons (Fsp3) is 0.550. The molecule has 0 aliphatic carbocycles. The number of amides is 1. The molecule has 182 valence electrons. The standard InChI is InChI=1S/C20H31N5O5S2Si/c1-15-17(23-16-7-8-24(11-16)20(26)27)5-6-19(22-15)32(28,29)25(18-12-31-13-21-18)14-30-9-10-33(2,3)4/h5-6,12-13,16,23H,7-11,14H2,1-4H3,(H,26,27)/t16-/m0/s1. The number of thiazole rings is 1. The highest BCUT2D eigenvalue weighted by atomic mass is 32.2. The van der Waals surface area contributed by atoms with Gasteiger partial charge in [-0.1, -0.05) is 19.6 Å². The number of likely N-dealkylation sites (tertiary alicyclic amines) is 1. The van der Waals surface area contributed by atoms with Crippen molar-refractivity contribution in [1.29, 1.82) is 0 Å². The Morgan fingerprint density at radius 3 is 2.73 bits per heavy atom. The number of nitrogens with zero attached hydrogens (tertiary/aromatic N) is 4. The Morgan fingerprint density at radius 1 is 1.39 bits per heavy atom. The van der Waals surface area contributed by atoms with Crippen molar-refractivity contribution in [1.82, 2.24) is 14.9 Å². The fourth-order valence-electron chi connectivity index (χ4n) is 3.33. The van der Waals surface area contributed by atoms with Crippen molar-refractivity contribution in [2.75, 3.05) is 36.0 Å². The lowest BCUT2D eigenvalue weighted by atomic mass is 10.2. The largest absolute Gasteiger partial charge is 0.465 e. The van der Waals surface area contributed by atoms with E-state index in [9.17, 15) is 13.2 Å². The number of aromatic nitrogens is 2. The van der Waals surface area contributed by atoms with Gasteiger partial charge in [-0.2, -0.15) is 8.42 Å². The van der Waals surface area contributed by atoms with Crippen molar-refractivity contribution in [3.05, 3.63) is 28.7 Å². The molecule has 0 unspecified atom stereocenters. The van der Waals surface area contributed by atoms with Gasteiger partial charge in [0.1, 0.15) is 6.73 Å². The zero-order chi connectivity index (χ0) is 24.2. The van der Waals surface area contributed by atoms with Gasteiger partial charge in [0.25, 0.3) is 10.0 Å². The predicted octanol–water partition coefficient (Wildman–Crippen LogP) is 3.52. The minimum atomic E-state index is -3.99. The van der Waals surface area contributed by atoms with Crippen molar-refractivity contribution < 1.29 is 23.1 Å². The average Bonchev–Trinajstić information content (AvgIpc) is 3.40. The zero-order valence-electron chi connectivity index (χ0n) is 19.3. The van der Waals surface area contributed by atoms with E-state index in [1.807, 2.05) is 0 Å². The topological polar surface area (TPSA) is 125 Å². The van der Waals surface area contributed by atoms with Gasteiger partial charge in [0, 0.05) is 39.2 Å². The van der Waals surface area contributed by atoms with Gasteiger partial charge >= 0.3 is 6.09 Å². The molecule has 0 radical (unpaired) electrons. The Morgan fingerprint density at radius 2 is 2.15 bits per heavy atom. The Kier molecular flexibility index (Phi) is 7.98. The number of carbonyl (C=O) groups is 1. The molecule has 0 aromatic carbocycles. The van der Waals surface area contributed by atoms with Crippen LogP contribution in [0.4, 0.5) is 16.3 Å². The lowest BCUT2D eigenvalue weighted by Crippen LogP contribution is -2.35. The number of nitrogens with one attached hydrogen (secondary N) is 1. The molecule has 1 atom stereocenters. The quantitative estimate of drug-likeness (QED) is 0.281. The third-order valence-electron chi connectivity index (χ3n) is 5.31. The van der Waals surface area contributed by atoms with Gasteiger partial charge in [-0.3, -0.25) is 0 Å². The van der Waals surface area contributed by atoms with Crippen LogP contribution in [-0.4, -0.2) is 75.0 Å². The van der Waals surface area contributed by atoms with E-state index >= 15 is 0 Å². The van der Waals surface area contributed by atoms with Crippen LogP contribution < -0.4 is 9.62 Å². The predicted molar refractivity (Wildman–Crippen MR) is 131 cm³/mol. The Balaban J connectivity index is 1.74. The minimum absolute atomic E-state index is 0.0460. The number of aryl methyl sites for hydroxylation is 1. The lowest BCUT2D eigenvalue weighted by molar-refractivity contribution is 0.155. The summed E-state index contributed by atoms with van der Waals surface area (Å²) in [7, 11) is -5.29. The second-order valence-corrected chi connectivity index (χ2v) is 17.3. The van der Waals surface area contributed by atoms with Crippen molar-refractivity contribution in [2.24, 2.45) is 0 Å². The SMILES string of the molecule is Cc1nc(S(=O)(=O)N(COCC[Si](C)(C)C)c2cscn2)ccc1N[C@H]1CCN(C(=O)O)C1. The van der Waals surface area contributed by atoms with Crippen LogP contribution in [0.2, 0.25) is 25.7 Å². The summed E-state index contributed by atoms with van der Waals surface area (Å²) in [6.07, 6.45) is -0.261. The number of pyridine rings is 1. The van der Waals surface area contributed by atoms with E-state index in [-0.39, 0.29) is 17.8 Å². The highest BCUT2D eigenvalue weighted by Crippen LogP contribution is 2.25. The van der Waals surface area contributed by atoms with Crippen LogP contribution in [0.15, 0.2) is 28.0 Å². The third-order valence-corrected chi connectivity index (χ3v) is 9.22. The number of anilines is 2. The maximum Gasteiger partial charge on any atom is 0.407 e. The normalized spacial score (nSPS) is 16.7. The van der Waals surface area contributed by atoms with Gasteiger partial charge in [0.15, 0.2) is 10.8 Å². The summed E-state index contributed by atoms with van der Waals surface area (Å²) in [5.74, 6) is 0.300. The first-order chi connectivity index (χ1) is 15.5. The summed E-state index contributed by atoms with van der Waals surface area (Å²) in [5.41, 5.74) is 2.77. The van der Waals surface area contributed by atoms with Crippen LogP contribution in [0, 0.1) is 6.92 Å². The molecular formula is C20H31N5O5S2Si. The molecule has 13 heteroatoms. The molecule has 10 nitrogen and oxygen atoms in total. The molecule has 1 amide bonds. The number of hydrogen-bond acceptors (Lipinski definition) is 8. The monoisotopic (exact) mass is 513 g/mol. The molecule has 0 spiro atoms. The fourth-order valence-corrected chi connectivity index (χ4v) is 5.97. The molecule has 1 aliphatic heterocycles. The van der Waals surface area contributed by atoms with Crippen molar-refractivity contribution in [3.8, 4) is 0 Å². The van der Waals surface area contributed by atoms with Crippen LogP contribution in [0.25, 0.3) is 0 Å². The summed E-state index contributed by atoms with van der Waals surface area (Å²) < 4.78 is 33.7. The van der Waals surface area contributed by atoms with Gasteiger partial charge in [0.2, 0.25) is 0 Å². The Labute approximate surface area is 199 Å². The van der Waals surface area contributed by atoms with E-state index in [0.717, 1.165) is 10.3 Å². The Hall–Kier alpha value is -2.22. The molecule has 0 saturated carbocycles. The second kappa shape index (κ2) is 10.4. The number of rotatable bonds is 10. The molecule has 0 bridgehead atoms. The zero-order valence-corrected chi connectivity index (χ0v) is 21.9. The maximum absolute atomic E-state index is 13.4. The van der Waals surface area contributed by atoms with Gasteiger partial charge in [-0.25, -0.2) is 19.1 Å². The molecule has 2 aromatic heterocycles. The van der Waals surface area contributed by atoms with Crippen molar-refractivity contribution >= 4 is 47.0 Å². The Bertz CT molecular complexity index is 1060. The first-order valence-corrected chi connectivity index (χ1v) is 16.8. The van der Waals surface area contributed by atoms with E-state index < -0.39 is 24.2 Å². The first-order valence-electron chi connectivity index (χ1n) is 10.7. The summed E-state index contributed by atoms with van der Waals surface area (Å²) in [6.45, 7) is 9.62. The smallest absolute Gasteiger partial charge is 0.407 e.